The number of nitrogens with one attached hydrogen (secondary N) is 1. The van der Waals surface area contributed by atoms with E-state index < -0.39 is 27.3 Å². The molecule has 0 unspecified atom stereocenters. The first-order chi connectivity index (χ1) is 8.85. The predicted molar refractivity (Wildman–Crippen MR) is 70.8 cm³/mol. The lowest BCUT2D eigenvalue weighted by Gasteiger charge is -2.07. The van der Waals surface area contributed by atoms with Crippen LogP contribution in [0.5, 0.6) is 0 Å². The van der Waals surface area contributed by atoms with Gasteiger partial charge in [-0.3, -0.25) is 4.79 Å². The van der Waals surface area contributed by atoms with Crippen molar-refractivity contribution in [2.75, 3.05) is 18.0 Å². The highest BCUT2D eigenvalue weighted by atomic mass is 32.2. The van der Waals surface area contributed by atoms with Gasteiger partial charge < -0.3 is 11.1 Å². The van der Waals surface area contributed by atoms with E-state index in [9.17, 15) is 17.6 Å². The van der Waals surface area contributed by atoms with Gasteiger partial charge in [-0.25, -0.2) is 12.8 Å². The van der Waals surface area contributed by atoms with Crippen LogP contribution in [0.25, 0.3) is 0 Å². The summed E-state index contributed by atoms with van der Waals surface area (Å²) in [7, 11) is -3.87. The van der Waals surface area contributed by atoms with Crippen LogP contribution in [0.3, 0.4) is 0 Å². The number of carbonyl (C=O) groups is 1. The van der Waals surface area contributed by atoms with Crippen LogP contribution in [-0.4, -0.2) is 26.6 Å². The molecule has 3 N–H and O–H groups in total. The molecule has 0 saturated heterocycles. The van der Waals surface area contributed by atoms with Crippen molar-refractivity contribution < 1.29 is 17.6 Å². The smallest absolute Gasteiger partial charge is 0.235 e. The van der Waals surface area contributed by atoms with Gasteiger partial charge in [0.15, 0.2) is 9.84 Å². The highest BCUT2D eigenvalue weighted by molar-refractivity contribution is 7.92. The average molecular weight is 288 g/mol. The number of sulfone groups is 1. The van der Waals surface area contributed by atoms with E-state index in [1.807, 2.05) is 6.92 Å². The van der Waals surface area contributed by atoms with Crippen LogP contribution in [-0.2, 0) is 14.6 Å². The van der Waals surface area contributed by atoms with Crippen molar-refractivity contribution in [1.82, 2.24) is 5.32 Å². The Morgan fingerprint density at radius 1 is 1.37 bits per heavy atom. The minimum absolute atomic E-state index is 0.00460. The van der Waals surface area contributed by atoms with Crippen molar-refractivity contribution in [3.8, 4) is 0 Å². The third kappa shape index (κ3) is 4.86. The Bertz CT molecular complexity index is 538. The van der Waals surface area contributed by atoms with E-state index in [0.29, 0.717) is 6.54 Å². The summed E-state index contributed by atoms with van der Waals surface area (Å²) in [4.78, 5) is 11.2. The number of hydrogen-bond acceptors (Lipinski definition) is 4. The fourth-order valence-corrected chi connectivity index (χ4v) is 2.70. The lowest BCUT2D eigenvalue weighted by molar-refractivity contribution is -0.118. The van der Waals surface area contributed by atoms with Gasteiger partial charge in [0.25, 0.3) is 0 Å². The van der Waals surface area contributed by atoms with E-state index in [1.54, 1.807) is 0 Å². The van der Waals surface area contributed by atoms with Gasteiger partial charge in [0.2, 0.25) is 5.91 Å². The van der Waals surface area contributed by atoms with E-state index in [2.05, 4.69) is 5.32 Å². The van der Waals surface area contributed by atoms with Gasteiger partial charge in [0, 0.05) is 12.2 Å². The van der Waals surface area contributed by atoms with Gasteiger partial charge >= 0.3 is 0 Å². The number of carbonyl (C=O) groups excluding carboxylic acids is 1. The molecule has 0 aromatic heterocycles. The van der Waals surface area contributed by atoms with Crippen LogP contribution >= 0.6 is 0 Å². The second kappa shape index (κ2) is 6.51. The van der Waals surface area contributed by atoms with Gasteiger partial charge in [-0.1, -0.05) is 13.3 Å². The number of benzene rings is 1. The standard InChI is InChI=1S/C12H17FN2O3S/c1-2-3-4-15-12(16)8-19(17,18)11-6-9(13)5-10(14)7-11/h5-7H,2-4,8,14H2,1H3,(H,15,16). The zero-order chi connectivity index (χ0) is 14.5. The quantitative estimate of drug-likeness (QED) is 0.606. The molecule has 1 aromatic carbocycles. The summed E-state index contributed by atoms with van der Waals surface area (Å²) >= 11 is 0. The highest BCUT2D eigenvalue weighted by Crippen LogP contribution is 2.17. The minimum Gasteiger partial charge on any atom is -0.399 e. The Hall–Kier alpha value is -1.63. The summed E-state index contributed by atoms with van der Waals surface area (Å²) in [5.41, 5.74) is 5.38. The SMILES string of the molecule is CCCCNC(=O)CS(=O)(=O)c1cc(N)cc(F)c1. The molecule has 7 heteroatoms. The fraction of sp³-hybridized carbons (Fsp3) is 0.417. The Morgan fingerprint density at radius 2 is 2.05 bits per heavy atom. The largest absolute Gasteiger partial charge is 0.399 e. The van der Waals surface area contributed by atoms with E-state index >= 15 is 0 Å². The monoisotopic (exact) mass is 288 g/mol. The van der Waals surface area contributed by atoms with Crippen molar-refractivity contribution in [3.05, 3.63) is 24.0 Å². The van der Waals surface area contributed by atoms with E-state index in [1.165, 1.54) is 0 Å². The molecular formula is C12H17FN2O3S. The van der Waals surface area contributed by atoms with Crippen LogP contribution in [0.1, 0.15) is 19.8 Å². The van der Waals surface area contributed by atoms with Crippen LogP contribution in [0.2, 0.25) is 0 Å². The molecule has 0 radical (unpaired) electrons. The Balaban J connectivity index is 2.78. The summed E-state index contributed by atoms with van der Waals surface area (Å²) in [6.07, 6.45) is 1.67. The highest BCUT2D eigenvalue weighted by Gasteiger charge is 2.20. The third-order valence-corrected chi connectivity index (χ3v) is 4.02. The number of nitrogens with two attached hydrogens (primary N) is 1. The maximum atomic E-state index is 13.1. The van der Waals surface area contributed by atoms with Crippen LogP contribution < -0.4 is 11.1 Å². The van der Waals surface area contributed by atoms with E-state index in [4.69, 9.17) is 5.73 Å². The van der Waals surface area contributed by atoms with Crippen molar-refractivity contribution >= 4 is 21.4 Å². The summed E-state index contributed by atoms with van der Waals surface area (Å²) in [6, 6.07) is 3.00. The predicted octanol–water partition coefficient (Wildman–Crippen LogP) is 1.10. The third-order valence-electron chi connectivity index (χ3n) is 2.43. The lowest BCUT2D eigenvalue weighted by atomic mass is 10.3. The molecule has 0 fully saturated rings. The molecule has 1 amide bonds. The van der Waals surface area contributed by atoms with Crippen molar-refractivity contribution in [2.45, 2.75) is 24.7 Å². The normalized spacial score (nSPS) is 11.3. The molecule has 1 rings (SSSR count). The van der Waals surface area contributed by atoms with Crippen molar-refractivity contribution in [3.63, 3.8) is 0 Å². The molecule has 1 aromatic rings. The maximum Gasteiger partial charge on any atom is 0.235 e. The first-order valence-electron chi connectivity index (χ1n) is 5.90. The van der Waals surface area contributed by atoms with Gasteiger partial charge in [-0.2, -0.15) is 0 Å². The van der Waals surface area contributed by atoms with Crippen LogP contribution in [0, 0.1) is 5.82 Å². The summed E-state index contributed by atoms with van der Waals surface area (Å²) in [5.74, 6) is -2.05. The molecule has 0 spiro atoms. The Kier molecular flexibility index (Phi) is 5.29. The summed E-state index contributed by atoms with van der Waals surface area (Å²) < 4.78 is 36.9. The molecule has 19 heavy (non-hydrogen) atoms. The molecule has 0 heterocycles. The summed E-state index contributed by atoms with van der Waals surface area (Å²) in [6.45, 7) is 2.38. The molecule has 0 aliphatic carbocycles. The molecule has 0 atom stereocenters. The fourth-order valence-electron chi connectivity index (χ4n) is 1.48. The van der Waals surface area contributed by atoms with Gasteiger partial charge in [0.1, 0.15) is 11.6 Å². The molecule has 0 aliphatic rings. The number of anilines is 1. The van der Waals surface area contributed by atoms with Crippen LogP contribution in [0.4, 0.5) is 10.1 Å². The first-order valence-corrected chi connectivity index (χ1v) is 7.56. The first kappa shape index (κ1) is 15.4. The summed E-state index contributed by atoms with van der Waals surface area (Å²) in [5, 5.41) is 2.50. The molecule has 0 saturated carbocycles. The molecule has 0 aliphatic heterocycles. The van der Waals surface area contributed by atoms with Crippen LogP contribution in [0.15, 0.2) is 23.1 Å². The Labute approximate surface area is 111 Å². The second-order valence-electron chi connectivity index (χ2n) is 4.18. The number of nitrogen functional groups attached to an aromatic ring is 1. The molecule has 0 bridgehead atoms. The topological polar surface area (TPSA) is 89.3 Å². The van der Waals surface area contributed by atoms with Gasteiger partial charge in [-0.05, 0) is 24.6 Å². The number of amides is 1. The number of hydrogen-bond donors (Lipinski definition) is 2. The van der Waals surface area contributed by atoms with Gasteiger partial charge in [-0.15, -0.1) is 0 Å². The lowest BCUT2D eigenvalue weighted by Crippen LogP contribution is -2.31. The maximum absolute atomic E-state index is 13.1. The zero-order valence-corrected chi connectivity index (χ0v) is 11.5. The number of rotatable bonds is 6. The number of unbranched alkanes of at least 4 members (excludes halogenated alkanes) is 1. The van der Waals surface area contributed by atoms with E-state index in [0.717, 1.165) is 31.0 Å². The van der Waals surface area contributed by atoms with Crippen molar-refractivity contribution in [1.29, 1.82) is 0 Å². The van der Waals surface area contributed by atoms with Crippen molar-refractivity contribution in [2.24, 2.45) is 0 Å². The Morgan fingerprint density at radius 3 is 2.63 bits per heavy atom. The zero-order valence-electron chi connectivity index (χ0n) is 10.6. The molecule has 106 valence electrons. The minimum atomic E-state index is -3.87. The molecular weight excluding hydrogens is 271 g/mol. The van der Waals surface area contributed by atoms with Gasteiger partial charge in [0.05, 0.1) is 4.90 Å². The average Bonchev–Trinajstić information content (AvgIpc) is 2.27. The molecule has 5 nitrogen and oxygen atoms in total. The second-order valence-corrected chi connectivity index (χ2v) is 6.17. The number of halogens is 1. The van der Waals surface area contributed by atoms with E-state index in [-0.39, 0.29) is 10.6 Å².